The van der Waals surface area contributed by atoms with E-state index in [4.69, 9.17) is 9.47 Å². The van der Waals surface area contributed by atoms with Crippen LogP contribution < -0.4 is 0 Å². The van der Waals surface area contributed by atoms with Gasteiger partial charge in [0.05, 0.1) is 25.6 Å². The molecular weight excluding hydrogens is 316 g/mol. The van der Waals surface area contributed by atoms with Crippen molar-refractivity contribution >= 4 is 11.9 Å². The average Bonchev–Trinajstić information content (AvgIpc) is 3.19. The molecule has 4 atom stereocenters. The monoisotopic (exact) mass is 344 g/mol. The van der Waals surface area contributed by atoms with E-state index in [9.17, 15) is 9.59 Å². The summed E-state index contributed by atoms with van der Waals surface area (Å²) < 4.78 is 10.9. The van der Waals surface area contributed by atoms with Gasteiger partial charge in [0.25, 0.3) is 0 Å². The van der Waals surface area contributed by atoms with Gasteiger partial charge in [-0.1, -0.05) is 12.2 Å². The van der Waals surface area contributed by atoms with Crippen molar-refractivity contribution in [3.63, 3.8) is 0 Å². The number of fused-ring (bicyclic) bond motifs is 2. The van der Waals surface area contributed by atoms with Crippen molar-refractivity contribution in [2.45, 2.75) is 44.9 Å². The third-order valence-corrected chi connectivity index (χ3v) is 7.89. The predicted molar refractivity (Wildman–Crippen MR) is 91.3 cm³/mol. The van der Waals surface area contributed by atoms with E-state index in [2.05, 4.69) is 12.2 Å². The lowest BCUT2D eigenvalue weighted by molar-refractivity contribution is -0.167. The minimum absolute atomic E-state index is 0.148. The number of ether oxygens (including phenoxy) is 2. The second-order valence-electron chi connectivity index (χ2n) is 9.55. The van der Waals surface area contributed by atoms with Gasteiger partial charge in [-0.2, -0.15) is 0 Å². The summed E-state index contributed by atoms with van der Waals surface area (Å²) in [5.41, 5.74) is 0.235. The first-order valence-electron chi connectivity index (χ1n) is 10.00. The van der Waals surface area contributed by atoms with Gasteiger partial charge in [0, 0.05) is 5.41 Å². The second kappa shape index (κ2) is 5.59. The molecule has 0 aromatic carbocycles. The zero-order chi connectivity index (χ0) is 17.2. The molecule has 0 radical (unpaired) electrons. The molecule has 136 valence electrons. The van der Waals surface area contributed by atoms with E-state index >= 15 is 0 Å². The van der Waals surface area contributed by atoms with Crippen molar-refractivity contribution in [1.82, 2.24) is 0 Å². The molecule has 6 rings (SSSR count). The molecule has 0 aliphatic heterocycles. The summed E-state index contributed by atoms with van der Waals surface area (Å²) >= 11 is 0. The van der Waals surface area contributed by atoms with Crippen molar-refractivity contribution in [1.29, 1.82) is 0 Å². The Morgan fingerprint density at radius 3 is 1.92 bits per heavy atom. The molecule has 6 aliphatic carbocycles. The lowest BCUT2D eigenvalue weighted by atomic mass is 9.50. The lowest BCUT2D eigenvalue weighted by Gasteiger charge is -2.56. The Labute approximate surface area is 149 Å². The summed E-state index contributed by atoms with van der Waals surface area (Å²) in [6.45, 7) is 0.570. The standard InChI is InChI=1S/C21H28O4/c1-24-19(22)17-15-2-3-16(7-15)18(17)20(23)25-11-21-8-12-4-13(9-21)6-14(5-12)10-21/h2-3,12-18H,4-11H2,1H3. The van der Waals surface area contributed by atoms with E-state index in [-0.39, 0.29) is 41.0 Å². The van der Waals surface area contributed by atoms with Gasteiger partial charge in [-0.25, -0.2) is 0 Å². The molecule has 0 spiro atoms. The van der Waals surface area contributed by atoms with Crippen molar-refractivity contribution in [3.05, 3.63) is 12.2 Å². The number of methoxy groups -OCH3 is 1. The topological polar surface area (TPSA) is 52.6 Å². The van der Waals surface area contributed by atoms with Crippen LogP contribution in [-0.4, -0.2) is 25.7 Å². The van der Waals surface area contributed by atoms with Crippen molar-refractivity contribution in [2.24, 2.45) is 46.8 Å². The molecule has 5 fully saturated rings. The number of esters is 2. The van der Waals surface area contributed by atoms with E-state index in [1.54, 1.807) is 0 Å². The maximum Gasteiger partial charge on any atom is 0.310 e. The van der Waals surface area contributed by atoms with Crippen LogP contribution in [0.2, 0.25) is 0 Å². The lowest BCUT2D eigenvalue weighted by Crippen LogP contribution is -2.49. The van der Waals surface area contributed by atoms with E-state index in [0.717, 1.165) is 24.2 Å². The molecule has 6 bridgehead atoms. The van der Waals surface area contributed by atoms with E-state index in [1.165, 1.54) is 45.6 Å². The van der Waals surface area contributed by atoms with Gasteiger partial charge in [0.1, 0.15) is 0 Å². The average molecular weight is 344 g/mol. The summed E-state index contributed by atoms with van der Waals surface area (Å²) in [5, 5.41) is 0. The highest BCUT2D eigenvalue weighted by atomic mass is 16.5. The van der Waals surface area contributed by atoms with Crippen LogP contribution in [0.1, 0.15) is 44.9 Å². The third-order valence-electron chi connectivity index (χ3n) is 7.89. The molecular formula is C21H28O4. The van der Waals surface area contributed by atoms with Crippen molar-refractivity contribution < 1.29 is 19.1 Å². The normalized spacial score (nSPS) is 48.8. The number of hydrogen-bond acceptors (Lipinski definition) is 4. The number of carbonyl (C=O) groups excluding carboxylic acids is 2. The molecule has 4 unspecified atom stereocenters. The number of allylic oxidation sites excluding steroid dienone is 2. The molecule has 0 aromatic rings. The quantitative estimate of drug-likeness (QED) is 0.580. The van der Waals surface area contributed by atoms with Crippen LogP contribution in [0.25, 0.3) is 0 Å². The van der Waals surface area contributed by atoms with Gasteiger partial charge in [-0.15, -0.1) is 0 Å². The summed E-state index contributed by atoms with van der Waals surface area (Å²) in [4.78, 5) is 25.1. The van der Waals surface area contributed by atoms with Gasteiger partial charge in [-0.3, -0.25) is 9.59 Å². The Kier molecular flexibility index (Phi) is 3.55. The predicted octanol–water partition coefficient (Wildman–Crippen LogP) is 3.36. The fourth-order valence-electron chi connectivity index (χ4n) is 7.39. The van der Waals surface area contributed by atoms with Crippen LogP contribution in [0.5, 0.6) is 0 Å². The zero-order valence-electron chi connectivity index (χ0n) is 15.0. The second-order valence-corrected chi connectivity index (χ2v) is 9.55. The molecule has 0 N–H and O–H groups in total. The Hall–Kier alpha value is -1.32. The first-order valence-corrected chi connectivity index (χ1v) is 10.00. The van der Waals surface area contributed by atoms with Gasteiger partial charge in [0.15, 0.2) is 0 Å². The summed E-state index contributed by atoms with van der Waals surface area (Å²) in [6, 6.07) is 0. The Bertz CT molecular complexity index is 586. The molecule has 0 amide bonds. The highest BCUT2D eigenvalue weighted by Crippen LogP contribution is 2.60. The zero-order valence-corrected chi connectivity index (χ0v) is 15.0. The molecule has 4 heteroatoms. The van der Waals surface area contributed by atoms with Gasteiger partial charge < -0.3 is 9.47 Å². The Morgan fingerprint density at radius 1 is 0.880 bits per heavy atom. The smallest absolute Gasteiger partial charge is 0.310 e. The maximum absolute atomic E-state index is 12.9. The van der Waals surface area contributed by atoms with E-state index < -0.39 is 0 Å². The minimum Gasteiger partial charge on any atom is -0.469 e. The molecule has 4 nitrogen and oxygen atoms in total. The summed E-state index contributed by atoms with van der Waals surface area (Å²) in [6.07, 6.45) is 13.0. The van der Waals surface area contributed by atoms with Crippen LogP contribution in [0.4, 0.5) is 0 Å². The van der Waals surface area contributed by atoms with E-state index in [0.29, 0.717) is 6.61 Å². The highest BCUT2D eigenvalue weighted by Gasteiger charge is 2.55. The number of hydrogen-bond donors (Lipinski definition) is 0. The van der Waals surface area contributed by atoms with Gasteiger partial charge in [-0.05, 0) is 74.5 Å². The van der Waals surface area contributed by atoms with Crippen LogP contribution >= 0.6 is 0 Å². The largest absolute Gasteiger partial charge is 0.469 e. The summed E-state index contributed by atoms with van der Waals surface area (Å²) in [7, 11) is 1.41. The van der Waals surface area contributed by atoms with Crippen LogP contribution in [0, 0.1) is 46.8 Å². The maximum atomic E-state index is 12.9. The molecule has 0 heterocycles. The third kappa shape index (κ3) is 2.47. The van der Waals surface area contributed by atoms with Gasteiger partial charge in [0.2, 0.25) is 0 Å². The molecule has 5 saturated carbocycles. The van der Waals surface area contributed by atoms with Crippen molar-refractivity contribution in [2.75, 3.05) is 13.7 Å². The van der Waals surface area contributed by atoms with E-state index in [1.807, 2.05) is 0 Å². The molecule has 0 saturated heterocycles. The van der Waals surface area contributed by atoms with Gasteiger partial charge >= 0.3 is 11.9 Å². The first-order chi connectivity index (χ1) is 12.1. The minimum atomic E-state index is -0.344. The first kappa shape index (κ1) is 15.9. The SMILES string of the molecule is COC(=O)C1C2C=CC(C2)C1C(=O)OCC12CC3CC(CC(C3)C1)C2. The van der Waals surface area contributed by atoms with Crippen LogP contribution in [0.15, 0.2) is 12.2 Å². The fraction of sp³-hybridized carbons (Fsp3) is 0.810. The van der Waals surface area contributed by atoms with Crippen LogP contribution in [0.3, 0.4) is 0 Å². The highest BCUT2D eigenvalue weighted by molar-refractivity contribution is 5.84. The van der Waals surface area contributed by atoms with Crippen molar-refractivity contribution in [3.8, 4) is 0 Å². The Balaban J connectivity index is 1.28. The Morgan fingerprint density at radius 2 is 1.40 bits per heavy atom. The number of rotatable bonds is 4. The molecule has 0 aromatic heterocycles. The summed E-state index contributed by atoms with van der Waals surface area (Å²) in [5.74, 6) is 1.78. The molecule has 25 heavy (non-hydrogen) atoms. The number of carbonyl (C=O) groups is 2. The fourth-order valence-corrected chi connectivity index (χ4v) is 7.39. The molecule has 6 aliphatic rings. The van der Waals surface area contributed by atoms with Crippen LogP contribution in [-0.2, 0) is 19.1 Å².